The quantitative estimate of drug-likeness (QED) is 0.775. The number of hydrogen-bond donors (Lipinski definition) is 3. The van der Waals surface area contributed by atoms with Crippen LogP contribution in [0.15, 0.2) is 18.2 Å². The Kier molecular flexibility index (Phi) is 5.49. The lowest BCUT2D eigenvalue weighted by molar-refractivity contribution is -0.120. The van der Waals surface area contributed by atoms with E-state index in [0.717, 1.165) is 12.8 Å². The molecule has 0 aromatic heterocycles. The highest BCUT2D eigenvalue weighted by atomic mass is 35.5. The van der Waals surface area contributed by atoms with E-state index in [2.05, 4.69) is 5.32 Å². The van der Waals surface area contributed by atoms with Gasteiger partial charge in [0.05, 0.1) is 11.1 Å². The topological polar surface area (TPSA) is 93.4 Å². The molecule has 3 amide bonds. The summed E-state index contributed by atoms with van der Waals surface area (Å²) in [5.74, 6) is 0.142. The maximum Gasteiger partial charge on any atom is 0.318 e. The van der Waals surface area contributed by atoms with Crippen LogP contribution >= 0.6 is 11.6 Å². The Morgan fingerprint density at radius 3 is 2.64 bits per heavy atom. The first-order valence-corrected chi connectivity index (χ1v) is 7.66. The van der Waals surface area contributed by atoms with Crippen LogP contribution in [0.5, 0.6) is 5.75 Å². The highest BCUT2D eigenvalue weighted by Gasteiger charge is 2.18. The SMILES string of the molecule is C[C@H](Nc1ccc(OC2CCCC2)c(Cl)c1)C(=O)NC(N)=O. The molecule has 0 radical (unpaired) electrons. The van der Waals surface area contributed by atoms with Crippen molar-refractivity contribution in [2.75, 3.05) is 5.32 Å². The van der Waals surface area contributed by atoms with Crippen molar-refractivity contribution in [3.05, 3.63) is 23.2 Å². The molecule has 2 rings (SSSR count). The van der Waals surface area contributed by atoms with Gasteiger partial charge in [-0.05, 0) is 50.8 Å². The summed E-state index contributed by atoms with van der Waals surface area (Å²) < 4.78 is 5.87. The fourth-order valence-electron chi connectivity index (χ4n) is 2.42. The van der Waals surface area contributed by atoms with Crippen molar-refractivity contribution in [3.8, 4) is 5.75 Å². The number of primary amides is 1. The average molecular weight is 326 g/mol. The van der Waals surface area contributed by atoms with Crippen LogP contribution in [0.4, 0.5) is 10.5 Å². The molecule has 0 aliphatic heterocycles. The van der Waals surface area contributed by atoms with Crippen LogP contribution in [0.25, 0.3) is 0 Å². The van der Waals surface area contributed by atoms with Crippen LogP contribution in [0.3, 0.4) is 0 Å². The van der Waals surface area contributed by atoms with Crippen molar-refractivity contribution < 1.29 is 14.3 Å². The van der Waals surface area contributed by atoms with Gasteiger partial charge in [0, 0.05) is 5.69 Å². The molecule has 0 unspecified atom stereocenters. The summed E-state index contributed by atoms with van der Waals surface area (Å²) in [6.07, 6.45) is 4.72. The van der Waals surface area contributed by atoms with Crippen molar-refractivity contribution >= 4 is 29.2 Å². The van der Waals surface area contributed by atoms with E-state index in [1.807, 2.05) is 5.32 Å². The van der Waals surface area contributed by atoms with Crippen molar-refractivity contribution in [2.45, 2.75) is 44.8 Å². The van der Waals surface area contributed by atoms with Crippen LogP contribution in [0.1, 0.15) is 32.6 Å². The number of carbonyl (C=O) groups is 2. The molecule has 1 saturated carbocycles. The molecule has 1 aromatic rings. The standard InChI is InChI=1S/C15H20ClN3O3/c1-9(14(20)19-15(17)21)18-10-6-7-13(12(16)8-10)22-11-4-2-3-5-11/h6-9,11,18H,2-5H2,1H3,(H3,17,19,20,21)/t9-/m0/s1. The second-order valence-corrected chi connectivity index (χ2v) is 5.80. The highest BCUT2D eigenvalue weighted by molar-refractivity contribution is 6.32. The Hall–Kier alpha value is -1.95. The van der Waals surface area contributed by atoms with Gasteiger partial charge in [0.2, 0.25) is 5.91 Å². The molecule has 0 saturated heterocycles. The molecule has 0 heterocycles. The fourth-order valence-corrected chi connectivity index (χ4v) is 2.64. The van der Waals surface area contributed by atoms with Gasteiger partial charge in [-0.25, -0.2) is 4.79 Å². The number of urea groups is 1. The monoisotopic (exact) mass is 325 g/mol. The highest BCUT2D eigenvalue weighted by Crippen LogP contribution is 2.31. The van der Waals surface area contributed by atoms with E-state index >= 15 is 0 Å². The molecule has 120 valence electrons. The number of nitrogens with one attached hydrogen (secondary N) is 2. The Morgan fingerprint density at radius 2 is 2.05 bits per heavy atom. The lowest BCUT2D eigenvalue weighted by Gasteiger charge is -2.17. The zero-order chi connectivity index (χ0) is 16.1. The van der Waals surface area contributed by atoms with Crippen LogP contribution in [-0.2, 0) is 4.79 Å². The lowest BCUT2D eigenvalue weighted by Crippen LogP contribution is -2.43. The first-order chi connectivity index (χ1) is 10.5. The zero-order valence-corrected chi connectivity index (χ0v) is 13.2. The van der Waals surface area contributed by atoms with Crippen LogP contribution in [0, 0.1) is 0 Å². The van der Waals surface area contributed by atoms with Gasteiger partial charge in [-0.2, -0.15) is 0 Å². The summed E-state index contributed by atoms with van der Waals surface area (Å²) >= 11 is 6.22. The summed E-state index contributed by atoms with van der Waals surface area (Å²) in [5, 5.41) is 5.45. The number of carbonyl (C=O) groups excluding carboxylic acids is 2. The molecule has 7 heteroatoms. The van der Waals surface area contributed by atoms with Gasteiger partial charge in [-0.3, -0.25) is 10.1 Å². The predicted octanol–water partition coefficient (Wildman–Crippen LogP) is 2.66. The number of rotatable bonds is 5. The number of imide groups is 1. The first kappa shape index (κ1) is 16.4. The van der Waals surface area contributed by atoms with Gasteiger partial charge in [0.15, 0.2) is 0 Å². The Morgan fingerprint density at radius 1 is 1.36 bits per heavy atom. The second-order valence-electron chi connectivity index (χ2n) is 5.39. The van der Waals surface area contributed by atoms with Crippen molar-refractivity contribution in [1.82, 2.24) is 5.32 Å². The fraction of sp³-hybridized carbons (Fsp3) is 0.467. The maximum atomic E-state index is 11.6. The molecular weight excluding hydrogens is 306 g/mol. The van der Waals surface area contributed by atoms with Gasteiger partial charge in [0.1, 0.15) is 11.8 Å². The second kappa shape index (κ2) is 7.35. The van der Waals surface area contributed by atoms with Crippen molar-refractivity contribution in [3.63, 3.8) is 0 Å². The third kappa shape index (κ3) is 4.53. The molecule has 22 heavy (non-hydrogen) atoms. The Bertz CT molecular complexity index is 559. The van der Waals surface area contributed by atoms with E-state index in [0.29, 0.717) is 16.5 Å². The molecule has 1 aromatic carbocycles. The summed E-state index contributed by atoms with van der Waals surface area (Å²) in [6.45, 7) is 1.62. The third-order valence-electron chi connectivity index (χ3n) is 3.55. The molecule has 1 aliphatic rings. The van der Waals surface area contributed by atoms with E-state index in [1.165, 1.54) is 12.8 Å². The normalized spacial score (nSPS) is 16.1. The molecule has 1 atom stereocenters. The maximum absolute atomic E-state index is 11.6. The number of anilines is 1. The first-order valence-electron chi connectivity index (χ1n) is 7.28. The summed E-state index contributed by atoms with van der Waals surface area (Å²) in [4.78, 5) is 22.3. The molecule has 1 aliphatic carbocycles. The van der Waals surface area contributed by atoms with Gasteiger partial charge in [-0.1, -0.05) is 11.6 Å². The minimum Gasteiger partial charge on any atom is -0.489 e. The van der Waals surface area contributed by atoms with Gasteiger partial charge < -0.3 is 15.8 Å². The van der Waals surface area contributed by atoms with E-state index in [4.69, 9.17) is 22.1 Å². The lowest BCUT2D eigenvalue weighted by atomic mass is 10.2. The van der Waals surface area contributed by atoms with E-state index < -0.39 is 18.0 Å². The zero-order valence-electron chi connectivity index (χ0n) is 12.4. The summed E-state index contributed by atoms with van der Waals surface area (Å²) in [6, 6.07) is 3.76. The van der Waals surface area contributed by atoms with Gasteiger partial charge in [0.25, 0.3) is 0 Å². The molecule has 0 spiro atoms. The molecule has 0 bridgehead atoms. The van der Waals surface area contributed by atoms with E-state index in [1.54, 1.807) is 25.1 Å². The number of halogens is 1. The van der Waals surface area contributed by atoms with Crippen LogP contribution in [0.2, 0.25) is 5.02 Å². The van der Waals surface area contributed by atoms with Gasteiger partial charge >= 0.3 is 6.03 Å². The number of amides is 3. The third-order valence-corrected chi connectivity index (χ3v) is 3.85. The average Bonchev–Trinajstić information content (AvgIpc) is 2.94. The molecule has 6 nitrogen and oxygen atoms in total. The van der Waals surface area contributed by atoms with Crippen molar-refractivity contribution in [2.24, 2.45) is 5.73 Å². The molecule has 4 N–H and O–H groups in total. The summed E-state index contributed by atoms with van der Waals surface area (Å²) in [5.41, 5.74) is 5.57. The Balaban J connectivity index is 1.96. The smallest absolute Gasteiger partial charge is 0.318 e. The minimum atomic E-state index is -0.878. The van der Waals surface area contributed by atoms with Crippen LogP contribution in [-0.4, -0.2) is 24.1 Å². The minimum absolute atomic E-state index is 0.233. The number of nitrogens with two attached hydrogens (primary N) is 1. The number of hydrogen-bond acceptors (Lipinski definition) is 4. The van der Waals surface area contributed by atoms with Gasteiger partial charge in [-0.15, -0.1) is 0 Å². The van der Waals surface area contributed by atoms with Crippen molar-refractivity contribution in [1.29, 1.82) is 0 Å². The predicted molar refractivity (Wildman–Crippen MR) is 85.1 cm³/mol. The molecule has 1 fully saturated rings. The Labute approximate surface area is 134 Å². The largest absolute Gasteiger partial charge is 0.489 e. The summed E-state index contributed by atoms with van der Waals surface area (Å²) in [7, 11) is 0. The van der Waals surface area contributed by atoms with E-state index in [9.17, 15) is 9.59 Å². The number of ether oxygens (including phenoxy) is 1. The molecular formula is C15H20ClN3O3. The van der Waals surface area contributed by atoms with Crippen LogP contribution < -0.4 is 21.1 Å². The van der Waals surface area contributed by atoms with E-state index in [-0.39, 0.29) is 6.10 Å². The number of benzene rings is 1.